The van der Waals surface area contributed by atoms with Gasteiger partial charge in [0.2, 0.25) is 0 Å². The Hall–Kier alpha value is -1.82. The Labute approximate surface area is 191 Å². The van der Waals surface area contributed by atoms with Crippen molar-refractivity contribution in [3.05, 3.63) is 72.3 Å². The van der Waals surface area contributed by atoms with Crippen LogP contribution in [0.5, 0.6) is 0 Å². The van der Waals surface area contributed by atoms with Gasteiger partial charge in [-0.25, -0.2) is 0 Å². The Morgan fingerprint density at radius 1 is 0.677 bits per heavy atom. The third-order valence-corrected chi connectivity index (χ3v) is 8.27. The third kappa shape index (κ3) is 5.91. The molecule has 0 nitrogen and oxygen atoms in total. The highest BCUT2D eigenvalue weighted by molar-refractivity contribution is 5.64. The largest absolute Gasteiger partial charge is 0.103 e. The number of unbranched alkanes of at least 4 members (excludes halogenated alkanes) is 2. The van der Waals surface area contributed by atoms with E-state index in [9.17, 15) is 0 Å². The van der Waals surface area contributed by atoms with E-state index in [1.807, 2.05) is 0 Å². The lowest BCUT2D eigenvalue weighted by Crippen LogP contribution is -2.13. The molecule has 0 atom stereocenters. The second kappa shape index (κ2) is 11.2. The number of allylic oxidation sites excluding steroid dienone is 1. The van der Waals surface area contributed by atoms with E-state index in [0.717, 1.165) is 23.7 Å². The van der Waals surface area contributed by atoms with Crippen molar-refractivity contribution in [1.29, 1.82) is 0 Å². The predicted molar refractivity (Wildman–Crippen MR) is 136 cm³/mol. The van der Waals surface area contributed by atoms with Gasteiger partial charge < -0.3 is 0 Å². The van der Waals surface area contributed by atoms with Crippen LogP contribution in [0.2, 0.25) is 0 Å². The molecule has 2 aromatic carbocycles. The molecule has 0 saturated heterocycles. The van der Waals surface area contributed by atoms with Crippen LogP contribution in [0.4, 0.5) is 0 Å². The standard InChI is InChI=1S/C31H42/c1-3-5-6-7-25-10-14-27(15-11-25)29-18-22-31(23-19-29)30-20-16-28(17-21-30)26-12-8-24(4-2)9-13-26/h4,16-27H,2-3,5-15H2,1H3. The van der Waals surface area contributed by atoms with Gasteiger partial charge in [-0.15, -0.1) is 6.58 Å². The zero-order chi connectivity index (χ0) is 21.5. The molecule has 0 aromatic heterocycles. The third-order valence-electron chi connectivity index (χ3n) is 8.27. The lowest BCUT2D eigenvalue weighted by molar-refractivity contribution is 0.303. The first-order valence-electron chi connectivity index (χ1n) is 13.1. The molecule has 0 spiro atoms. The van der Waals surface area contributed by atoms with Crippen molar-refractivity contribution in [1.82, 2.24) is 0 Å². The number of rotatable bonds is 8. The number of benzene rings is 2. The summed E-state index contributed by atoms with van der Waals surface area (Å²) in [6.45, 7) is 6.29. The molecule has 0 unspecified atom stereocenters. The van der Waals surface area contributed by atoms with Crippen LogP contribution in [0.25, 0.3) is 11.1 Å². The normalized spacial score (nSPS) is 26.5. The molecule has 0 radical (unpaired) electrons. The molecule has 4 rings (SSSR count). The van der Waals surface area contributed by atoms with Crippen molar-refractivity contribution in [3.8, 4) is 11.1 Å². The maximum absolute atomic E-state index is 3.98. The van der Waals surface area contributed by atoms with Crippen LogP contribution < -0.4 is 0 Å². The van der Waals surface area contributed by atoms with E-state index in [1.165, 1.54) is 93.7 Å². The van der Waals surface area contributed by atoms with E-state index in [1.54, 1.807) is 5.56 Å². The summed E-state index contributed by atoms with van der Waals surface area (Å²) < 4.78 is 0. The molecule has 2 aliphatic rings. The fourth-order valence-electron chi connectivity index (χ4n) is 6.05. The van der Waals surface area contributed by atoms with Crippen LogP contribution in [-0.2, 0) is 0 Å². The van der Waals surface area contributed by atoms with Crippen molar-refractivity contribution in [3.63, 3.8) is 0 Å². The van der Waals surface area contributed by atoms with Gasteiger partial charge in [-0.3, -0.25) is 0 Å². The van der Waals surface area contributed by atoms with E-state index in [-0.39, 0.29) is 0 Å². The van der Waals surface area contributed by atoms with Crippen LogP contribution in [-0.4, -0.2) is 0 Å². The zero-order valence-corrected chi connectivity index (χ0v) is 19.7. The Morgan fingerprint density at radius 3 is 1.61 bits per heavy atom. The minimum atomic E-state index is 0.740. The molecule has 0 aliphatic heterocycles. The molecule has 0 heterocycles. The Balaban J connectivity index is 1.31. The monoisotopic (exact) mass is 414 g/mol. The van der Waals surface area contributed by atoms with Crippen molar-refractivity contribution < 1.29 is 0 Å². The molecule has 31 heavy (non-hydrogen) atoms. The van der Waals surface area contributed by atoms with Crippen molar-refractivity contribution in [2.45, 2.75) is 95.8 Å². The van der Waals surface area contributed by atoms with E-state index in [0.29, 0.717) is 0 Å². The molecule has 0 N–H and O–H groups in total. The molecule has 2 saturated carbocycles. The highest BCUT2D eigenvalue weighted by Crippen LogP contribution is 2.39. The molecule has 2 aromatic rings. The van der Waals surface area contributed by atoms with Gasteiger partial charge in [-0.2, -0.15) is 0 Å². The van der Waals surface area contributed by atoms with Crippen molar-refractivity contribution in [2.24, 2.45) is 11.8 Å². The summed E-state index contributed by atoms with van der Waals surface area (Å²) in [5.41, 5.74) is 5.80. The molecule has 0 bridgehead atoms. The second-order valence-electron chi connectivity index (χ2n) is 10.3. The van der Waals surface area contributed by atoms with Gasteiger partial charge in [0.05, 0.1) is 0 Å². The zero-order valence-electron chi connectivity index (χ0n) is 19.7. The molecule has 166 valence electrons. The summed E-state index contributed by atoms with van der Waals surface area (Å²) >= 11 is 0. The molecule has 0 amide bonds. The first-order chi connectivity index (χ1) is 15.3. The van der Waals surface area contributed by atoms with Crippen LogP contribution in [0, 0.1) is 11.8 Å². The van der Waals surface area contributed by atoms with Gasteiger partial charge in [0, 0.05) is 0 Å². The summed E-state index contributed by atoms with van der Waals surface area (Å²) in [5.74, 6) is 3.26. The summed E-state index contributed by atoms with van der Waals surface area (Å²) in [7, 11) is 0. The van der Waals surface area contributed by atoms with Crippen LogP contribution in [0.1, 0.15) is 107 Å². The SMILES string of the molecule is C=CC1CCC(c2ccc(-c3ccc(C4CCC(CCCCC)CC4)cc3)cc2)CC1. The van der Waals surface area contributed by atoms with Crippen LogP contribution in [0.15, 0.2) is 61.2 Å². The van der Waals surface area contributed by atoms with Gasteiger partial charge in [0.15, 0.2) is 0 Å². The average molecular weight is 415 g/mol. The first-order valence-corrected chi connectivity index (χ1v) is 13.1. The van der Waals surface area contributed by atoms with E-state index < -0.39 is 0 Å². The van der Waals surface area contributed by atoms with Gasteiger partial charge in [0.25, 0.3) is 0 Å². The fourth-order valence-corrected chi connectivity index (χ4v) is 6.05. The molecule has 2 fully saturated rings. The van der Waals surface area contributed by atoms with Crippen molar-refractivity contribution in [2.75, 3.05) is 0 Å². The van der Waals surface area contributed by atoms with Crippen molar-refractivity contribution >= 4 is 0 Å². The topological polar surface area (TPSA) is 0 Å². The quantitative estimate of drug-likeness (QED) is 0.298. The lowest BCUT2D eigenvalue weighted by atomic mass is 9.77. The second-order valence-corrected chi connectivity index (χ2v) is 10.3. The average Bonchev–Trinajstić information content (AvgIpc) is 2.85. The minimum absolute atomic E-state index is 0.740. The summed E-state index contributed by atoms with van der Waals surface area (Å²) in [6, 6.07) is 18.9. The first kappa shape index (κ1) is 22.4. The molecule has 0 heteroatoms. The maximum Gasteiger partial charge on any atom is -0.0162 e. The Kier molecular flexibility index (Phi) is 8.06. The Bertz CT molecular complexity index is 781. The lowest BCUT2D eigenvalue weighted by Gasteiger charge is -2.29. The molecular weight excluding hydrogens is 372 g/mol. The van der Waals surface area contributed by atoms with E-state index in [2.05, 4.69) is 68.1 Å². The maximum atomic E-state index is 3.98. The Morgan fingerprint density at radius 2 is 1.16 bits per heavy atom. The van der Waals surface area contributed by atoms with E-state index >= 15 is 0 Å². The van der Waals surface area contributed by atoms with Gasteiger partial charge in [-0.1, -0.05) is 87.2 Å². The van der Waals surface area contributed by atoms with Gasteiger partial charge in [0.1, 0.15) is 0 Å². The number of hydrogen-bond donors (Lipinski definition) is 0. The highest BCUT2D eigenvalue weighted by Gasteiger charge is 2.22. The minimum Gasteiger partial charge on any atom is -0.103 e. The smallest absolute Gasteiger partial charge is 0.0162 e. The van der Waals surface area contributed by atoms with Crippen LogP contribution in [0.3, 0.4) is 0 Å². The van der Waals surface area contributed by atoms with E-state index in [4.69, 9.17) is 0 Å². The number of hydrogen-bond acceptors (Lipinski definition) is 0. The van der Waals surface area contributed by atoms with Gasteiger partial charge >= 0.3 is 0 Å². The summed E-state index contributed by atoms with van der Waals surface area (Å²) in [4.78, 5) is 0. The summed E-state index contributed by atoms with van der Waals surface area (Å²) in [6.07, 6.45) is 18.7. The molecular formula is C31H42. The molecule has 2 aliphatic carbocycles. The predicted octanol–water partition coefficient (Wildman–Crippen LogP) is 9.67. The fraction of sp³-hybridized carbons (Fsp3) is 0.548. The van der Waals surface area contributed by atoms with Gasteiger partial charge in [-0.05, 0) is 97.3 Å². The highest BCUT2D eigenvalue weighted by atomic mass is 14.3. The van der Waals surface area contributed by atoms with Crippen LogP contribution >= 0.6 is 0 Å². The summed E-state index contributed by atoms with van der Waals surface area (Å²) in [5, 5.41) is 0.